The van der Waals surface area contributed by atoms with Crippen LogP contribution < -0.4 is 15.4 Å². The summed E-state index contributed by atoms with van der Waals surface area (Å²) < 4.78 is 18.6. The fourth-order valence-corrected chi connectivity index (χ4v) is 2.25. The van der Waals surface area contributed by atoms with Crippen molar-refractivity contribution in [2.24, 2.45) is 0 Å². The third-order valence-electron chi connectivity index (χ3n) is 3.13. The molecule has 4 nitrogen and oxygen atoms in total. The molecular formula is C17H18ClFN2O2. The van der Waals surface area contributed by atoms with Crippen LogP contribution in [0.1, 0.15) is 12.5 Å². The number of hydrogen-bond acceptors (Lipinski definition) is 2. The number of ether oxygens (including phenoxy) is 1. The molecule has 0 bridgehead atoms. The van der Waals surface area contributed by atoms with E-state index in [9.17, 15) is 9.18 Å². The monoisotopic (exact) mass is 336 g/mol. The van der Waals surface area contributed by atoms with Crippen molar-refractivity contribution in [1.82, 2.24) is 5.32 Å². The molecule has 2 amide bonds. The van der Waals surface area contributed by atoms with Gasteiger partial charge in [0.05, 0.1) is 11.6 Å². The van der Waals surface area contributed by atoms with E-state index in [1.54, 1.807) is 0 Å². The molecule has 0 atom stereocenters. The normalized spacial score (nSPS) is 10.2. The summed E-state index contributed by atoms with van der Waals surface area (Å²) in [5.41, 5.74) is 1.46. The van der Waals surface area contributed by atoms with Gasteiger partial charge in [-0.3, -0.25) is 0 Å². The van der Waals surface area contributed by atoms with E-state index in [0.29, 0.717) is 25.3 Å². The third-order valence-corrected chi connectivity index (χ3v) is 3.42. The van der Waals surface area contributed by atoms with Gasteiger partial charge in [-0.05, 0) is 43.2 Å². The Morgan fingerprint density at radius 3 is 2.78 bits per heavy atom. The number of benzene rings is 2. The van der Waals surface area contributed by atoms with Gasteiger partial charge in [0.1, 0.15) is 11.6 Å². The van der Waals surface area contributed by atoms with Gasteiger partial charge in [-0.25, -0.2) is 9.18 Å². The van der Waals surface area contributed by atoms with Crippen LogP contribution in [0.2, 0.25) is 5.02 Å². The lowest BCUT2D eigenvalue weighted by Gasteiger charge is -2.11. The molecule has 2 N–H and O–H groups in total. The Balaban J connectivity index is 1.84. The highest BCUT2D eigenvalue weighted by molar-refractivity contribution is 6.31. The van der Waals surface area contributed by atoms with Gasteiger partial charge in [-0.2, -0.15) is 0 Å². The number of carbonyl (C=O) groups is 1. The molecule has 0 unspecified atom stereocenters. The summed E-state index contributed by atoms with van der Waals surface area (Å²) >= 11 is 5.67. The van der Waals surface area contributed by atoms with Gasteiger partial charge in [0.2, 0.25) is 0 Å². The second-order valence-electron chi connectivity index (χ2n) is 4.80. The first-order valence-electron chi connectivity index (χ1n) is 7.30. The molecule has 0 aliphatic carbocycles. The fraction of sp³-hybridized carbons (Fsp3) is 0.235. The van der Waals surface area contributed by atoms with Crippen molar-refractivity contribution in [3.8, 4) is 5.75 Å². The third kappa shape index (κ3) is 5.14. The van der Waals surface area contributed by atoms with Crippen molar-refractivity contribution >= 4 is 23.3 Å². The molecule has 0 radical (unpaired) electrons. The maximum absolute atomic E-state index is 13.1. The van der Waals surface area contributed by atoms with Gasteiger partial charge in [-0.15, -0.1) is 0 Å². The highest BCUT2D eigenvalue weighted by atomic mass is 35.5. The molecular weight excluding hydrogens is 319 g/mol. The van der Waals surface area contributed by atoms with Crippen molar-refractivity contribution in [2.75, 3.05) is 18.5 Å². The Hall–Kier alpha value is -2.27. The number of nitrogens with one attached hydrogen (secondary N) is 2. The molecule has 0 spiro atoms. The van der Waals surface area contributed by atoms with Gasteiger partial charge < -0.3 is 15.4 Å². The Bertz CT molecular complexity index is 679. The molecule has 2 rings (SSSR count). The van der Waals surface area contributed by atoms with Gasteiger partial charge in [0, 0.05) is 12.2 Å². The van der Waals surface area contributed by atoms with Crippen molar-refractivity contribution in [2.45, 2.75) is 13.3 Å². The van der Waals surface area contributed by atoms with E-state index in [-0.39, 0.29) is 11.1 Å². The first-order valence-corrected chi connectivity index (χ1v) is 7.68. The van der Waals surface area contributed by atoms with Crippen molar-refractivity contribution in [3.63, 3.8) is 0 Å². The van der Waals surface area contributed by atoms with Gasteiger partial charge in [-0.1, -0.05) is 29.8 Å². The van der Waals surface area contributed by atoms with Crippen LogP contribution in [0.3, 0.4) is 0 Å². The van der Waals surface area contributed by atoms with Crippen LogP contribution in [0.4, 0.5) is 14.9 Å². The van der Waals surface area contributed by atoms with E-state index < -0.39 is 5.82 Å². The Morgan fingerprint density at radius 2 is 2.04 bits per heavy atom. The molecule has 0 aliphatic heterocycles. The molecule has 0 heterocycles. The van der Waals surface area contributed by atoms with Crippen molar-refractivity contribution in [1.29, 1.82) is 0 Å². The van der Waals surface area contributed by atoms with Crippen LogP contribution >= 0.6 is 11.6 Å². The smallest absolute Gasteiger partial charge is 0.319 e. The Kier molecular flexibility index (Phi) is 6.23. The molecule has 0 saturated carbocycles. The predicted octanol–water partition coefficient (Wildman–Crippen LogP) is 4.24. The van der Waals surface area contributed by atoms with E-state index in [0.717, 1.165) is 11.3 Å². The summed E-state index contributed by atoms with van der Waals surface area (Å²) in [7, 11) is 0. The fourth-order valence-electron chi connectivity index (χ4n) is 2.07. The lowest BCUT2D eigenvalue weighted by Crippen LogP contribution is -2.30. The van der Waals surface area contributed by atoms with E-state index in [1.807, 2.05) is 31.2 Å². The first kappa shape index (κ1) is 17.1. The summed E-state index contributed by atoms with van der Waals surface area (Å²) in [5.74, 6) is 0.299. The average Bonchev–Trinajstić information content (AvgIpc) is 2.53. The number of urea groups is 1. The standard InChI is InChI=1S/C17H18ClFN2O2/c1-2-23-16-6-4-3-5-12(16)9-10-20-17(22)21-13-7-8-15(19)14(18)11-13/h3-8,11H,2,9-10H2,1H3,(H2,20,21,22). The second-order valence-corrected chi connectivity index (χ2v) is 5.21. The zero-order valence-corrected chi connectivity index (χ0v) is 13.5. The number of hydrogen-bond donors (Lipinski definition) is 2. The molecule has 0 saturated heterocycles. The van der Waals surface area contributed by atoms with Gasteiger partial charge in [0.15, 0.2) is 0 Å². The van der Waals surface area contributed by atoms with E-state index >= 15 is 0 Å². The lowest BCUT2D eigenvalue weighted by atomic mass is 10.1. The molecule has 0 fully saturated rings. The van der Waals surface area contributed by atoms with Crippen molar-refractivity contribution in [3.05, 3.63) is 58.9 Å². The molecule has 23 heavy (non-hydrogen) atoms. The van der Waals surface area contributed by atoms with E-state index in [2.05, 4.69) is 10.6 Å². The quantitative estimate of drug-likeness (QED) is 0.828. The second kappa shape index (κ2) is 8.39. The van der Waals surface area contributed by atoms with Crippen LogP contribution in [0, 0.1) is 5.82 Å². The predicted molar refractivity (Wildman–Crippen MR) is 89.7 cm³/mol. The number of rotatable bonds is 6. The minimum atomic E-state index is -0.523. The molecule has 2 aromatic carbocycles. The van der Waals surface area contributed by atoms with Crippen LogP contribution in [-0.2, 0) is 6.42 Å². The molecule has 2 aromatic rings. The highest BCUT2D eigenvalue weighted by Crippen LogP contribution is 2.19. The van der Waals surface area contributed by atoms with Crippen LogP contribution in [0.25, 0.3) is 0 Å². The maximum Gasteiger partial charge on any atom is 0.319 e. The zero-order chi connectivity index (χ0) is 16.7. The Morgan fingerprint density at radius 1 is 1.26 bits per heavy atom. The maximum atomic E-state index is 13.1. The first-order chi connectivity index (χ1) is 11.1. The van der Waals surface area contributed by atoms with E-state index in [1.165, 1.54) is 18.2 Å². The van der Waals surface area contributed by atoms with Crippen molar-refractivity contribution < 1.29 is 13.9 Å². The SMILES string of the molecule is CCOc1ccccc1CCNC(=O)Nc1ccc(F)c(Cl)c1. The number of halogens is 2. The summed E-state index contributed by atoms with van der Waals surface area (Å²) in [6.45, 7) is 2.97. The average molecular weight is 337 g/mol. The summed E-state index contributed by atoms with van der Waals surface area (Å²) in [6, 6.07) is 11.3. The molecule has 6 heteroatoms. The van der Waals surface area contributed by atoms with Crippen LogP contribution in [-0.4, -0.2) is 19.2 Å². The zero-order valence-electron chi connectivity index (χ0n) is 12.7. The summed E-state index contributed by atoms with van der Waals surface area (Å²) in [6.07, 6.45) is 0.647. The number of anilines is 1. The lowest BCUT2D eigenvalue weighted by molar-refractivity contribution is 0.252. The number of amides is 2. The summed E-state index contributed by atoms with van der Waals surface area (Å²) in [4.78, 5) is 11.8. The largest absolute Gasteiger partial charge is 0.494 e. The summed E-state index contributed by atoms with van der Waals surface area (Å²) in [5, 5.41) is 5.31. The van der Waals surface area contributed by atoms with Gasteiger partial charge in [0.25, 0.3) is 0 Å². The Labute approximate surface area is 139 Å². The molecule has 0 aliphatic rings. The number of para-hydroxylation sites is 1. The topological polar surface area (TPSA) is 50.4 Å². The highest BCUT2D eigenvalue weighted by Gasteiger charge is 2.06. The van der Waals surface area contributed by atoms with Crippen LogP contribution in [0.15, 0.2) is 42.5 Å². The minimum Gasteiger partial charge on any atom is -0.494 e. The van der Waals surface area contributed by atoms with Gasteiger partial charge >= 0.3 is 6.03 Å². The minimum absolute atomic E-state index is 0.0339. The molecule has 0 aromatic heterocycles. The number of carbonyl (C=O) groups excluding carboxylic acids is 1. The molecule has 122 valence electrons. The van der Waals surface area contributed by atoms with E-state index in [4.69, 9.17) is 16.3 Å². The van der Waals surface area contributed by atoms with Crippen LogP contribution in [0.5, 0.6) is 5.75 Å².